The minimum Gasteiger partial charge on any atom is -0.307 e. The molecule has 15 heavy (non-hydrogen) atoms. The van der Waals surface area contributed by atoms with Crippen LogP contribution >= 0.6 is 7.60 Å². The minimum atomic E-state index is -3.28. The maximum absolute atomic E-state index is 11.9. The predicted molar refractivity (Wildman–Crippen MR) is 56.3 cm³/mol. The predicted octanol–water partition coefficient (Wildman–Crippen LogP) is 1.14. The smallest absolute Gasteiger partial charge is 0.307 e. The average molecular weight is 233 g/mol. The highest BCUT2D eigenvalue weighted by Crippen LogP contribution is 2.44. The number of rotatable bonds is 3. The van der Waals surface area contributed by atoms with Crippen molar-refractivity contribution in [2.45, 2.75) is 26.3 Å². The molecular formula is C8H16N3O3P. The van der Waals surface area contributed by atoms with Gasteiger partial charge in [0.1, 0.15) is 0 Å². The van der Waals surface area contributed by atoms with E-state index < -0.39 is 7.60 Å². The van der Waals surface area contributed by atoms with E-state index in [2.05, 4.69) is 10.3 Å². The lowest BCUT2D eigenvalue weighted by Crippen LogP contribution is -2.22. The van der Waals surface area contributed by atoms with Crippen LogP contribution in [-0.4, -0.2) is 29.2 Å². The highest BCUT2D eigenvalue weighted by atomic mass is 31.2. The van der Waals surface area contributed by atoms with Crippen molar-refractivity contribution < 1.29 is 13.6 Å². The molecule has 0 spiro atoms. The number of hydrogen-bond donors (Lipinski definition) is 0. The summed E-state index contributed by atoms with van der Waals surface area (Å²) >= 11 is 0. The monoisotopic (exact) mass is 233 g/mol. The Morgan fingerprint density at radius 2 is 1.87 bits per heavy atom. The van der Waals surface area contributed by atoms with E-state index in [0.29, 0.717) is 0 Å². The number of nitrogens with zero attached hydrogens (tertiary/aromatic N) is 3. The molecule has 0 saturated carbocycles. The van der Waals surface area contributed by atoms with Crippen molar-refractivity contribution in [2.24, 2.45) is 0 Å². The Hall–Kier alpha value is -0.710. The van der Waals surface area contributed by atoms with Crippen LogP contribution in [0.2, 0.25) is 0 Å². The van der Waals surface area contributed by atoms with Crippen LogP contribution in [0.25, 0.3) is 0 Å². The van der Waals surface area contributed by atoms with Crippen molar-refractivity contribution >= 4 is 13.0 Å². The van der Waals surface area contributed by atoms with Gasteiger partial charge in [-0.2, -0.15) is 0 Å². The molecule has 0 unspecified atom stereocenters. The summed E-state index contributed by atoms with van der Waals surface area (Å²) in [6, 6.07) is 0. The van der Waals surface area contributed by atoms with Gasteiger partial charge in [0, 0.05) is 14.2 Å². The maximum Gasteiger partial charge on any atom is 0.382 e. The zero-order valence-electron chi connectivity index (χ0n) is 9.59. The fourth-order valence-corrected chi connectivity index (χ4v) is 1.89. The Balaban J connectivity index is 3.09. The second-order valence-electron chi connectivity index (χ2n) is 4.05. The number of aromatic nitrogens is 3. The molecule has 0 fully saturated rings. The van der Waals surface area contributed by atoms with E-state index in [9.17, 15) is 4.57 Å². The van der Waals surface area contributed by atoms with E-state index in [-0.39, 0.29) is 11.0 Å². The van der Waals surface area contributed by atoms with Crippen LogP contribution in [0.4, 0.5) is 0 Å². The molecule has 1 aromatic heterocycles. The van der Waals surface area contributed by atoms with Gasteiger partial charge in [-0.25, -0.2) is 4.68 Å². The molecule has 0 bridgehead atoms. The summed E-state index contributed by atoms with van der Waals surface area (Å²) in [4.78, 5) is 0. The van der Waals surface area contributed by atoms with Crippen LogP contribution in [0, 0.1) is 0 Å². The van der Waals surface area contributed by atoms with Gasteiger partial charge in [-0.05, 0) is 20.8 Å². The Morgan fingerprint density at radius 1 is 1.33 bits per heavy atom. The molecule has 0 radical (unpaired) electrons. The van der Waals surface area contributed by atoms with Crippen molar-refractivity contribution in [1.82, 2.24) is 15.0 Å². The summed E-state index contributed by atoms with van der Waals surface area (Å²) in [7, 11) is -0.637. The lowest BCUT2D eigenvalue weighted by molar-refractivity contribution is 0.286. The third-order valence-corrected chi connectivity index (χ3v) is 3.66. The standard InChI is InChI=1S/C8H16N3O3P/c1-8(2,3)11-6-7(9-10-11)15(12,13-4)14-5/h6H,1-5H3. The molecule has 0 aromatic carbocycles. The lowest BCUT2D eigenvalue weighted by atomic mass is 10.1. The first-order valence-corrected chi connectivity index (χ1v) is 6.02. The number of hydrogen-bond acceptors (Lipinski definition) is 5. The van der Waals surface area contributed by atoms with Gasteiger partial charge in [-0.15, -0.1) is 5.10 Å². The average Bonchev–Trinajstić information content (AvgIpc) is 2.65. The second kappa shape index (κ2) is 4.04. The highest BCUT2D eigenvalue weighted by molar-refractivity contribution is 7.61. The summed E-state index contributed by atoms with van der Waals surface area (Å²) in [5, 5.41) is 7.68. The molecular weight excluding hydrogens is 217 g/mol. The van der Waals surface area contributed by atoms with Crippen LogP contribution in [0.15, 0.2) is 6.20 Å². The van der Waals surface area contributed by atoms with Gasteiger partial charge >= 0.3 is 7.60 Å². The third kappa shape index (κ3) is 2.45. The van der Waals surface area contributed by atoms with E-state index >= 15 is 0 Å². The summed E-state index contributed by atoms with van der Waals surface area (Å²) in [5.41, 5.74) is 0.0137. The summed E-state index contributed by atoms with van der Waals surface area (Å²) in [6.07, 6.45) is 1.58. The molecule has 0 amide bonds. The topological polar surface area (TPSA) is 66.2 Å². The van der Waals surface area contributed by atoms with Crippen LogP contribution < -0.4 is 5.44 Å². The molecule has 0 N–H and O–H groups in total. The Kier molecular flexibility index (Phi) is 3.33. The SMILES string of the molecule is COP(=O)(OC)c1cn(C(C)(C)C)nn1. The lowest BCUT2D eigenvalue weighted by Gasteiger charge is -2.17. The van der Waals surface area contributed by atoms with Crippen molar-refractivity contribution in [3.8, 4) is 0 Å². The van der Waals surface area contributed by atoms with Crippen molar-refractivity contribution in [3.05, 3.63) is 6.20 Å². The molecule has 6 nitrogen and oxygen atoms in total. The fraction of sp³-hybridized carbons (Fsp3) is 0.750. The van der Waals surface area contributed by atoms with Gasteiger partial charge in [0.15, 0.2) is 5.44 Å². The van der Waals surface area contributed by atoms with Crippen molar-refractivity contribution in [1.29, 1.82) is 0 Å². The fourth-order valence-electron chi connectivity index (χ4n) is 0.970. The van der Waals surface area contributed by atoms with Gasteiger partial charge in [0.2, 0.25) is 0 Å². The third-order valence-electron chi connectivity index (χ3n) is 1.93. The van der Waals surface area contributed by atoms with E-state index in [1.165, 1.54) is 14.2 Å². The molecule has 1 heterocycles. The van der Waals surface area contributed by atoms with E-state index in [1.807, 2.05) is 20.8 Å². The molecule has 0 aliphatic heterocycles. The molecule has 7 heteroatoms. The van der Waals surface area contributed by atoms with Crippen LogP contribution in [0.1, 0.15) is 20.8 Å². The first kappa shape index (κ1) is 12.4. The van der Waals surface area contributed by atoms with Crippen molar-refractivity contribution in [2.75, 3.05) is 14.2 Å². The summed E-state index contributed by atoms with van der Waals surface area (Å²) < 4.78 is 23.2. The largest absolute Gasteiger partial charge is 0.382 e. The van der Waals surface area contributed by atoms with E-state index in [4.69, 9.17) is 9.05 Å². The van der Waals surface area contributed by atoms with Crippen molar-refractivity contribution in [3.63, 3.8) is 0 Å². The quantitative estimate of drug-likeness (QED) is 0.732. The first-order valence-electron chi connectivity index (χ1n) is 4.48. The van der Waals surface area contributed by atoms with E-state index in [1.54, 1.807) is 10.9 Å². The van der Waals surface area contributed by atoms with Gasteiger partial charge in [-0.3, -0.25) is 4.57 Å². The van der Waals surface area contributed by atoms with Crippen LogP contribution in [0.5, 0.6) is 0 Å². The normalized spacial score (nSPS) is 13.1. The minimum absolute atomic E-state index is 0.211. The molecule has 86 valence electrons. The highest BCUT2D eigenvalue weighted by Gasteiger charge is 2.30. The van der Waals surface area contributed by atoms with Crippen LogP contribution in [0.3, 0.4) is 0 Å². The zero-order valence-corrected chi connectivity index (χ0v) is 10.5. The Bertz CT molecular complexity index is 375. The molecule has 0 aliphatic carbocycles. The molecule has 1 rings (SSSR count). The van der Waals surface area contributed by atoms with Crippen LogP contribution in [-0.2, 0) is 19.2 Å². The molecule has 0 aliphatic rings. The van der Waals surface area contributed by atoms with Gasteiger partial charge in [0.05, 0.1) is 11.7 Å². The zero-order chi connectivity index (χ0) is 11.7. The Morgan fingerprint density at radius 3 is 2.20 bits per heavy atom. The second-order valence-corrected chi connectivity index (χ2v) is 6.24. The molecule has 1 aromatic rings. The molecule has 0 saturated heterocycles. The van der Waals surface area contributed by atoms with Gasteiger partial charge in [-0.1, -0.05) is 5.21 Å². The van der Waals surface area contributed by atoms with E-state index in [0.717, 1.165) is 0 Å². The van der Waals surface area contributed by atoms with Gasteiger partial charge in [0.25, 0.3) is 0 Å². The molecule has 0 atom stereocenters. The first-order chi connectivity index (χ1) is 6.83. The Labute approximate surface area is 89.1 Å². The maximum atomic E-state index is 11.9. The summed E-state index contributed by atoms with van der Waals surface area (Å²) in [5.74, 6) is 0. The van der Waals surface area contributed by atoms with Gasteiger partial charge < -0.3 is 9.05 Å². The summed E-state index contributed by atoms with van der Waals surface area (Å²) in [6.45, 7) is 5.90.